The van der Waals surface area contributed by atoms with Crippen LogP contribution in [-0.4, -0.2) is 20.2 Å². The molecule has 1 heterocycles. The predicted octanol–water partition coefficient (Wildman–Crippen LogP) is 3.16. The molecule has 1 aliphatic heterocycles. The fourth-order valence-electron chi connectivity index (χ4n) is 2.54. The van der Waals surface area contributed by atoms with Crippen LogP contribution in [0, 0.1) is 11.3 Å². The van der Waals surface area contributed by atoms with E-state index >= 15 is 0 Å². The van der Waals surface area contributed by atoms with Gasteiger partial charge in [-0.1, -0.05) is 30.3 Å². The van der Waals surface area contributed by atoms with Crippen LogP contribution in [0.1, 0.15) is 11.7 Å². The van der Waals surface area contributed by atoms with Crippen molar-refractivity contribution in [2.75, 3.05) is 25.1 Å². The van der Waals surface area contributed by atoms with E-state index in [0.717, 1.165) is 22.7 Å². The minimum absolute atomic E-state index is 0.0690. The molecule has 106 valence electrons. The standard InChI is InChI=1S/C17H16N2O2/c1-20-14-7-8-16-15(11-14)19(10-9-18)12-17(21-16)13-5-3-2-4-6-13/h2-8,11,17H,10,12H2,1H3. The van der Waals surface area contributed by atoms with Crippen LogP contribution in [0.15, 0.2) is 48.5 Å². The molecule has 0 radical (unpaired) electrons. The van der Waals surface area contributed by atoms with Gasteiger partial charge in [-0.15, -0.1) is 0 Å². The number of nitrogens with zero attached hydrogens (tertiary/aromatic N) is 2. The Morgan fingerprint density at radius 2 is 2.10 bits per heavy atom. The number of anilines is 1. The van der Waals surface area contributed by atoms with Gasteiger partial charge in [-0.05, 0) is 17.7 Å². The van der Waals surface area contributed by atoms with Gasteiger partial charge in [-0.3, -0.25) is 0 Å². The summed E-state index contributed by atoms with van der Waals surface area (Å²) in [6.45, 7) is 0.977. The van der Waals surface area contributed by atoms with Gasteiger partial charge < -0.3 is 14.4 Å². The van der Waals surface area contributed by atoms with Crippen molar-refractivity contribution in [2.24, 2.45) is 0 Å². The van der Waals surface area contributed by atoms with Crippen molar-refractivity contribution in [3.05, 3.63) is 54.1 Å². The summed E-state index contributed by atoms with van der Waals surface area (Å²) >= 11 is 0. The highest BCUT2D eigenvalue weighted by Gasteiger charge is 2.27. The molecule has 0 N–H and O–H groups in total. The first kappa shape index (κ1) is 13.3. The Morgan fingerprint density at radius 3 is 2.81 bits per heavy atom. The zero-order chi connectivity index (χ0) is 14.7. The van der Waals surface area contributed by atoms with E-state index in [4.69, 9.17) is 14.7 Å². The van der Waals surface area contributed by atoms with Crippen LogP contribution in [0.5, 0.6) is 11.5 Å². The molecule has 0 amide bonds. The van der Waals surface area contributed by atoms with Crippen LogP contribution < -0.4 is 14.4 Å². The minimum Gasteiger partial charge on any atom is -0.497 e. The molecule has 0 aliphatic carbocycles. The van der Waals surface area contributed by atoms with Crippen molar-refractivity contribution in [1.29, 1.82) is 5.26 Å². The van der Waals surface area contributed by atoms with E-state index in [-0.39, 0.29) is 6.10 Å². The maximum absolute atomic E-state index is 9.06. The molecular formula is C17H16N2O2. The summed E-state index contributed by atoms with van der Waals surface area (Å²) < 4.78 is 11.3. The second kappa shape index (κ2) is 5.76. The van der Waals surface area contributed by atoms with E-state index in [9.17, 15) is 0 Å². The maximum atomic E-state index is 9.06. The van der Waals surface area contributed by atoms with E-state index in [1.54, 1.807) is 7.11 Å². The quantitative estimate of drug-likeness (QED) is 0.810. The highest BCUT2D eigenvalue weighted by molar-refractivity contribution is 5.64. The first-order valence-electron chi connectivity index (χ1n) is 6.83. The van der Waals surface area contributed by atoms with Gasteiger partial charge in [0.1, 0.15) is 24.1 Å². The highest BCUT2D eigenvalue weighted by atomic mass is 16.5. The number of nitriles is 1. The number of ether oxygens (including phenoxy) is 2. The first-order valence-corrected chi connectivity index (χ1v) is 6.83. The van der Waals surface area contributed by atoms with Crippen molar-refractivity contribution in [3.63, 3.8) is 0 Å². The van der Waals surface area contributed by atoms with Crippen molar-refractivity contribution >= 4 is 5.69 Å². The van der Waals surface area contributed by atoms with Gasteiger partial charge >= 0.3 is 0 Å². The molecule has 0 spiro atoms. The molecule has 3 rings (SSSR count). The van der Waals surface area contributed by atoms with Crippen LogP contribution in [0.4, 0.5) is 5.69 Å². The third-order valence-corrected chi connectivity index (χ3v) is 3.60. The van der Waals surface area contributed by atoms with E-state index < -0.39 is 0 Å². The van der Waals surface area contributed by atoms with Gasteiger partial charge in [0.2, 0.25) is 0 Å². The number of rotatable bonds is 3. The molecule has 21 heavy (non-hydrogen) atoms. The Hall–Kier alpha value is -2.67. The molecule has 4 nitrogen and oxygen atoms in total. The van der Waals surface area contributed by atoms with E-state index in [0.29, 0.717) is 13.1 Å². The Kier molecular flexibility index (Phi) is 3.65. The lowest BCUT2D eigenvalue weighted by Gasteiger charge is -2.35. The van der Waals surface area contributed by atoms with E-state index in [1.807, 2.05) is 53.4 Å². The molecule has 0 saturated heterocycles. The van der Waals surface area contributed by atoms with Gasteiger partial charge in [0.15, 0.2) is 0 Å². The third kappa shape index (κ3) is 2.63. The van der Waals surface area contributed by atoms with E-state index in [2.05, 4.69) is 6.07 Å². The van der Waals surface area contributed by atoms with Crippen LogP contribution in [0.3, 0.4) is 0 Å². The lowest BCUT2D eigenvalue weighted by atomic mass is 10.1. The van der Waals surface area contributed by atoms with Gasteiger partial charge in [-0.25, -0.2) is 0 Å². The maximum Gasteiger partial charge on any atom is 0.143 e. The first-order chi connectivity index (χ1) is 10.3. The normalized spacial score (nSPS) is 16.6. The molecule has 4 heteroatoms. The molecular weight excluding hydrogens is 264 g/mol. The SMILES string of the molecule is COc1ccc2c(c1)N(CC#N)CC(c1ccccc1)O2. The Labute approximate surface area is 124 Å². The monoisotopic (exact) mass is 280 g/mol. The van der Waals surface area contributed by atoms with Crippen molar-refractivity contribution in [1.82, 2.24) is 0 Å². The molecule has 0 fully saturated rings. The minimum atomic E-state index is -0.0690. The summed E-state index contributed by atoms with van der Waals surface area (Å²) in [5, 5.41) is 9.06. The fourth-order valence-corrected chi connectivity index (χ4v) is 2.54. The molecule has 2 aromatic rings. The van der Waals surface area contributed by atoms with Crippen molar-refractivity contribution < 1.29 is 9.47 Å². The number of hydrogen-bond acceptors (Lipinski definition) is 4. The van der Waals surface area contributed by atoms with Crippen LogP contribution >= 0.6 is 0 Å². The topological polar surface area (TPSA) is 45.5 Å². The molecule has 0 bridgehead atoms. The average Bonchev–Trinajstić information content (AvgIpc) is 2.55. The fraction of sp³-hybridized carbons (Fsp3) is 0.235. The van der Waals surface area contributed by atoms with Gasteiger partial charge in [0.05, 0.1) is 25.4 Å². The molecule has 2 aromatic carbocycles. The van der Waals surface area contributed by atoms with Gasteiger partial charge in [0, 0.05) is 6.07 Å². The van der Waals surface area contributed by atoms with Crippen molar-refractivity contribution in [2.45, 2.75) is 6.10 Å². The Morgan fingerprint density at radius 1 is 1.29 bits per heavy atom. The van der Waals surface area contributed by atoms with Gasteiger partial charge in [-0.2, -0.15) is 5.26 Å². The Bertz CT molecular complexity index is 664. The second-order valence-corrected chi connectivity index (χ2v) is 4.89. The predicted molar refractivity (Wildman–Crippen MR) is 80.6 cm³/mol. The molecule has 0 saturated carbocycles. The molecule has 1 unspecified atom stereocenters. The molecule has 1 aliphatic rings. The average molecular weight is 280 g/mol. The summed E-state index contributed by atoms with van der Waals surface area (Å²) in [7, 11) is 1.63. The summed E-state index contributed by atoms with van der Waals surface area (Å²) in [5.41, 5.74) is 2.02. The number of methoxy groups -OCH3 is 1. The second-order valence-electron chi connectivity index (χ2n) is 4.89. The molecule has 1 atom stereocenters. The number of fused-ring (bicyclic) bond motifs is 1. The number of hydrogen-bond donors (Lipinski definition) is 0. The lowest BCUT2D eigenvalue weighted by Crippen LogP contribution is -2.35. The highest BCUT2D eigenvalue weighted by Crippen LogP contribution is 2.39. The molecule has 0 aromatic heterocycles. The summed E-state index contributed by atoms with van der Waals surface area (Å²) in [6.07, 6.45) is -0.0690. The Balaban J connectivity index is 1.96. The smallest absolute Gasteiger partial charge is 0.143 e. The third-order valence-electron chi connectivity index (χ3n) is 3.60. The van der Waals surface area contributed by atoms with Crippen LogP contribution in [0.2, 0.25) is 0 Å². The zero-order valence-corrected chi connectivity index (χ0v) is 11.8. The van der Waals surface area contributed by atoms with E-state index in [1.165, 1.54) is 0 Å². The van der Waals surface area contributed by atoms with Crippen LogP contribution in [-0.2, 0) is 0 Å². The van der Waals surface area contributed by atoms with Gasteiger partial charge in [0.25, 0.3) is 0 Å². The number of benzene rings is 2. The zero-order valence-electron chi connectivity index (χ0n) is 11.8. The summed E-state index contributed by atoms with van der Waals surface area (Å²) in [5.74, 6) is 1.55. The lowest BCUT2D eigenvalue weighted by molar-refractivity contribution is 0.198. The largest absolute Gasteiger partial charge is 0.497 e. The van der Waals surface area contributed by atoms with Crippen molar-refractivity contribution in [3.8, 4) is 17.6 Å². The van der Waals surface area contributed by atoms with Crippen LogP contribution in [0.25, 0.3) is 0 Å². The summed E-state index contributed by atoms with van der Waals surface area (Å²) in [6, 6.07) is 18.0. The summed E-state index contributed by atoms with van der Waals surface area (Å²) in [4.78, 5) is 2.03.